The molecule has 8 rings (SSSR count). The van der Waals surface area contributed by atoms with Gasteiger partial charge in [-0.2, -0.15) is 0 Å². The second-order valence-corrected chi connectivity index (χ2v) is 14.1. The molecule has 0 saturated carbocycles. The average Bonchev–Trinajstić information content (AvgIpc) is 4.02. The van der Waals surface area contributed by atoms with Gasteiger partial charge in [0, 0.05) is 48.3 Å². The Morgan fingerprint density at radius 2 is 1.18 bits per heavy atom. The van der Waals surface area contributed by atoms with Gasteiger partial charge in [-0.15, -0.1) is 33.7 Å². The van der Waals surface area contributed by atoms with Gasteiger partial charge >= 0.3 is 18.9 Å². The van der Waals surface area contributed by atoms with Crippen molar-refractivity contribution < 1.29 is 41.9 Å². The first-order valence-electron chi connectivity index (χ1n) is 16.1. The summed E-state index contributed by atoms with van der Waals surface area (Å²) >= 11 is 4.36. The molecular formula is C41H31F3LiN5O2S3. The monoisotopic (exact) mass is 785 g/mol. The van der Waals surface area contributed by atoms with E-state index in [1.807, 2.05) is 0 Å². The first kappa shape index (κ1) is 42.6. The van der Waals surface area contributed by atoms with Crippen LogP contribution in [0.1, 0.15) is 34.6 Å². The number of ketones is 1. The number of nitrogens with zero attached hydrogens (tertiary/aromatic N) is 5. The summed E-state index contributed by atoms with van der Waals surface area (Å²) in [5.74, 6) is -0.618. The molecule has 55 heavy (non-hydrogen) atoms. The van der Waals surface area contributed by atoms with Crippen molar-refractivity contribution >= 4 is 39.8 Å². The van der Waals surface area contributed by atoms with E-state index < -0.39 is 5.60 Å². The van der Waals surface area contributed by atoms with Crippen LogP contribution in [0.2, 0.25) is 0 Å². The van der Waals surface area contributed by atoms with Crippen LogP contribution in [0, 0.1) is 23.0 Å². The number of thiazole rings is 3. The van der Waals surface area contributed by atoms with Crippen molar-refractivity contribution in [3.05, 3.63) is 185 Å². The number of rotatable bonds is 6. The van der Waals surface area contributed by atoms with Crippen LogP contribution in [0.25, 0.3) is 31.5 Å². The fraction of sp³-hybridized carbons (Fsp3) is 0.0732. The third kappa shape index (κ3) is 12.7. The Bertz CT molecular complexity index is 2220. The first-order chi connectivity index (χ1) is 26.1. The van der Waals surface area contributed by atoms with Crippen LogP contribution >= 0.6 is 34.0 Å². The van der Waals surface area contributed by atoms with Crippen LogP contribution in [0.3, 0.4) is 0 Å². The minimum atomic E-state index is -1.13. The summed E-state index contributed by atoms with van der Waals surface area (Å²) in [7, 11) is 0. The summed E-state index contributed by atoms with van der Waals surface area (Å²) < 4.78 is 38.0. The van der Waals surface area contributed by atoms with Crippen LogP contribution in [0.15, 0.2) is 146 Å². The fourth-order valence-electron chi connectivity index (χ4n) is 4.54. The Kier molecular flexibility index (Phi) is 16.3. The molecular weight excluding hydrogens is 755 g/mol. The van der Waals surface area contributed by atoms with E-state index in [0.29, 0.717) is 5.56 Å². The third-order valence-electron chi connectivity index (χ3n) is 7.49. The molecule has 0 spiro atoms. The fourth-order valence-corrected chi connectivity index (χ4v) is 6.72. The number of hydrogen-bond acceptors (Lipinski definition) is 10. The second kappa shape index (κ2) is 21.1. The van der Waals surface area contributed by atoms with Gasteiger partial charge in [0.1, 0.15) is 28.1 Å². The maximum atomic E-state index is 13.0. The van der Waals surface area contributed by atoms with Crippen LogP contribution in [0.5, 0.6) is 0 Å². The van der Waals surface area contributed by atoms with Gasteiger partial charge in [0.2, 0.25) is 0 Å². The van der Waals surface area contributed by atoms with E-state index in [4.69, 9.17) is 0 Å². The molecule has 0 bridgehead atoms. The van der Waals surface area contributed by atoms with Crippen molar-refractivity contribution in [2.45, 2.75) is 19.4 Å². The van der Waals surface area contributed by atoms with Gasteiger partial charge in [0.15, 0.2) is 5.78 Å². The first-order valence-corrected chi connectivity index (χ1v) is 18.6. The Hall–Kier alpha value is -5.13. The molecule has 5 aromatic heterocycles. The molecule has 14 heteroatoms. The van der Waals surface area contributed by atoms with Crippen LogP contribution in [0.4, 0.5) is 13.2 Å². The molecule has 0 aliphatic carbocycles. The quantitative estimate of drug-likeness (QED) is 0.105. The Morgan fingerprint density at radius 3 is 1.64 bits per heavy atom. The molecule has 0 fully saturated rings. The van der Waals surface area contributed by atoms with Gasteiger partial charge in [-0.3, -0.25) is 31.1 Å². The number of hydrogen-bond donors (Lipinski definition) is 1. The van der Waals surface area contributed by atoms with E-state index >= 15 is 0 Å². The predicted molar refractivity (Wildman–Crippen MR) is 209 cm³/mol. The zero-order valence-electron chi connectivity index (χ0n) is 29.8. The van der Waals surface area contributed by atoms with Gasteiger partial charge in [-0.25, -0.2) is 18.2 Å². The zero-order valence-corrected chi connectivity index (χ0v) is 32.3. The molecule has 7 nitrogen and oxygen atoms in total. The van der Waals surface area contributed by atoms with Crippen molar-refractivity contribution in [2.75, 3.05) is 0 Å². The molecule has 5 heterocycles. The van der Waals surface area contributed by atoms with E-state index in [0.717, 1.165) is 41.9 Å². The van der Waals surface area contributed by atoms with Crippen molar-refractivity contribution in [1.82, 2.24) is 24.9 Å². The smallest absolute Gasteiger partial charge is 0.394 e. The number of aromatic nitrogens is 5. The summed E-state index contributed by atoms with van der Waals surface area (Å²) in [6, 6.07) is 25.9. The summed E-state index contributed by atoms with van der Waals surface area (Å²) in [4.78, 5) is 33.2. The number of halogens is 3. The van der Waals surface area contributed by atoms with E-state index in [2.05, 4.69) is 30.4 Å². The summed E-state index contributed by atoms with van der Waals surface area (Å²) in [5.41, 5.74) is 7.67. The normalized spacial score (nSPS) is 11.2. The van der Waals surface area contributed by atoms with Crippen molar-refractivity contribution in [3.8, 4) is 31.5 Å². The number of carbonyl (C=O) groups excluding carboxylic acids is 1. The molecule has 0 saturated heterocycles. The molecule has 1 atom stereocenters. The Morgan fingerprint density at radius 1 is 0.673 bits per heavy atom. The second-order valence-electron chi connectivity index (χ2n) is 11.3. The molecule has 0 aliphatic rings. The van der Waals surface area contributed by atoms with Crippen LogP contribution in [-0.4, -0.2) is 35.8 Å². The van der Waals surface area contributed by atoms with Gasteiger partial charge < -0.3 is 10.1 Å². The molecule has 3 aromatic carbocycles. The van der Waals surface area contributed by atoms with Crippen LogP contribution < -0.4 is 18.9 Å². The molecule has 0 radical (unpaired) electrons. The van der Waals surface area contributed by atoms with Crippen molar-refractivity contribution in [1.29, 1.82) is 0 Å². The Balaban J connectivity index is 0.000000171. The molecule has 8 aromatic rings. The minimum Gasteiger partial charge on any atom is -0.394 e. The topological polar surface area (TPSA) is 102 Å². The van der Waals surface area contributed by atoms with E-state index in [-0.39, 0.29) is 42.1 Å². The number of Topliss-reactive ketones (excluding diaryl/α,β-unsaturated/α-hetero) is 1. The molecule has 0 amide bonds. The summed E-state index contributed by atoms with van der Waals surface area (Å²) in [6.45, 7) is 3.26. The summed E-state index contributed by atoms with van der Waals surface area (Å²) in [5, 5.41) is 11.5. The average molecular weight is 786 g/mol. The predicted octanol–water partition coefficient (Wildman–Crippen LogP) is 7.59. The molecule has 1 N–H and O–H groups in total. The van der Waals surface area contributed by atoms with E-state index in [1.165, 1.54) is 66.0 Å². The SMILES string of the molecule is CC(=O)c1ccncc1.CC(O)(c1ccncc1)c1cnc(-c2ccc(F)cc2)s1.Fc1ccc(-c2cn[c-]s2)cc1.Fc1ccc(-c2cncs2)cc1.[Li+]. The minimum absolute atomic E-state index is 0. The number of benzene rings is 3. The van der Waals surface area contributed by atoms with Crippen molar-refractivity contribution in [3.63, 3.8) is 0 Å². The largest absolute Gasteiger partial charge is 1.00 e. The van der Waals surface area contributed by atoms with E-state index in [1.54, 1.807) is 128 Å². The van der Waals surface area contributed by atoms with Gasteiger partial charge in [0.25, 0.3) is 0 Å². The van der Waals surface area contributed by atoms with Crippen molar-refractivity contribution in [2.24, 2.45) is 0 Å². The number of aliphatic hydroxyl groups is 1. The van der Waals surface area contributed by atoms with Gasteiger partial charge in [0.05, 0.1) is 15.3 Å². The molecule has 272 valence electrons. The van der Waals surface area contributed by atoms with E-state index in [9.17, 15) is 23.1 Å². The van der Waals surface area contributed by atoms with Crippen LogP contribution in [-0.2, 0) is 5.60 Å². The van der Waals surface area contributed by atoms with Gasteiger partial charge in [-0.1, -0.05) is 29.8 Å². The third-order valence-corrected chi connectivity index (χ3v) is 10.3. The maximum absolute atomic E-state index is 13.0. The van der Waals surface area contributed by atoms with Gasteiger partial charge in [-0.05, 0) is 103 Å². The Labute approximate surface area is 340 Å². The maximum Gasteiger partial charge on any atom is 1.00 e. The summed E-state index contributed by atoms with van der Waals surface area (Å²) in [6.07, 6.45) is 11.7. The molecule has 1 unspecified atom stereocenters. The molecule has 0 aliphatic heterocycles. The standard InChI is InChI=1S/C16H13FN2OS.C9H6FNS.C9H5FNS.C7H7NO.Li/c1-16(20,12-6-8-18-9-7-12)14-10-19-15(21-14)11-2-4-13(17)5-3-11;2*10-8-3-1-7(2-4-8)9-5-11-6-12-9;1-6(9)7-2-4-8-5-3-7;/h2-10,20H,1H3;1-6H;1-5H;2-5H,1H3;/q;;-1;;+1. The zero-order chi connectivity index (χ0) is 38.3. The number of carbonyl (C=O) groups is 1. The number of pyridine rings is 2.